The quantitative estimate of drug-likeness (QED) is 0.466. The molecule has 0 aliphatic carbocycles. The molecule has 0 bridgehead atoms. The highest BCUT2D eigenvalue weighted by Crippen LogP contribution is 2.25. The van der Waals surface area contributed by atoms with Gasteiger partial charge in [0.2, 0.25) is 0 Å². The first kappa shape index (κ1) is 10.5. The minimum absolute atomic E-state index is 0.761. The molecule has 82 valence electrons. The van der Waals surface area contributed by atoms with E-state index in [9.17, 15) is 0 Å². The number of fused-ring (bicyclic) bond motifs is 1. The SMILES string of the molecule is C=CCCNc1ccc(N)c2cccnc12. The number of rotatable bonds is 4. The van der Waals surface area contributed by atoms with Crippen molar-refractivity contribution < 1.29 is 0 Å². The fourth-order valence-corrected chi connectivity index (χ4v) is 1.65. The minimum atomic E-state index is 0.761. The number of nitrogens with two attached hydrogens (primary N) is 1. The molecule has 3 heteroatoms. The second-order valence-electron chi connectivity index (χ2n) is 3.61. The van der Waals surface area contributed by atoms with Crippen molar-refractivity contribution in [2.45, 2.75) is 6.42 Å². The number of nitrogens with zero attached hydrogens (tertiary/aromatic N) is 1. The highest BCUT2D eigenvalue weighted by atomic mass is 14.9. The highest BCUT2D eigenvalue weighted by molar-refractivity contribution is 5.98. The smallest absolute Gasteiger partial charge is 0.0953 e. The van der Waals surface area contributed by atoms with E-state index in [1.807, 2.05) is 30.3 Å². The van der Waals surface area contributed by atoms with E-state index in [0.717, 1.165) is 35.2 Å². The molecule has 0 atom stereocenters. The molecule has 0 aliphatic heterocycles. The lowest BCUT2D eigenvalue weighted by atomic mass is 10.1. The molecule has 0 radical (unpaired) electrons. The van der Waals surface area contributed by atoms with E-state index in [-0.39, 0.29) is 0 Å². The van der Waals surface area contributed by atoms with E-state index in [4.69, 9.17) is 5.73 Å². The van der Waals surface area contributed by atoms with Crippen LogP contribution in [-0.4, -0.2) is 11.5 Å². The Labute approximate surface area is 95.0 Å². The van der Waals surface area contributed by atoms with Gasteiger partial charge in [-0.05, 0) is 30.7 Å². The molecule has 0 aliphatic rings. The van der Waals surface area contributed by atoms with Crippen molar-refractivity contribution in [3.8, 4) is 0 Å². The molecule has 1 aromatic heterocycles. The molecular weight excluding hydrogens is 198 g/mol. The van der Waals surface area contributed by atoms with E-state index >= 15 is 0 Å². The number of hydrogen-bond acceptors (Lipinski definition) is 3. The third-order valence-electron chi connectivity index (χ3n) is 2.47. The average Bonchev–Trinajstić information content (AvgIpc) is 2.33. The first-order valence-electron chi connectivity index (χ1n) is 5.31. The molecule has 2 rings (SSSR count). The molecule has 0 spiro atoms. The number of hydrogen-bond donors (Lipinski definition) is 2. The van der Waals surface area contributed by atoms with Gasteiger partial charge in [0.15, 0.2) is 0 Å². The van der Waals surface area contributed by atoms with Crippen LogP contribution in [0.25, 0.3) is 10.9 Å². The molecule has 1 aromatic carbocycles. The summed E-state index contributed by atoms with van der Waals surface area (Å²) in [6.45, 7) is 4.55. The Kier molecular flexibility index (Phi) is 3.05. The Balaban J connectivity index is 2.38. The van der Waals surface area contributed by atoms with Crippen LogP contribution in [0, 0.1) is 0 Å². The number of benzene rings is 1. The van der Waals surface area contributed by atoms with Gasteiger partial charge in [0.05, 0.1) is 11.2 Å². The van der Waals surface area contributed by atoms with Crippen molar-refractivity contribution in [2.75, 3.05) is 17.6 Å². The zero-order valence-electron chi connectivity index (χ0n) is 9.11. The van der Waals surface area contributed by atoms with Crippen LogP contribution in [0.2, 0.25) is 0 Å². The number of pyridine rings is 1. The standard InChI is InChI=1S/C13H15N3/c1-2-3-8-15-12-7-6-11(14)10-5-4-9-16-13(10)12/h2,4-7,9,15H,1,3,8,14H2. The van der Waals surface area contributed by atoms with Crippen LogP contribution < -0.4 is 11.1 Å². The van der Waals surface area contributed by atoms with Crippen molar-refractivity contribution >= 4 is 22.3 Å². The number of nitrogen functional groups attached to an aromatic ring is 1. The summed E-state index contributed by atoms with van der Waals surface area (Å²) in [5.74, 6) is 0. The maximum absolute atomic E-state index is 5.90. The summed E-state index contributed by atoms with van der Waals surface area (Å²) >= 11 is 0. The van der Waals surface area contributed by atoms with Gasteiger partial charge < -0.3 is 11.1 Å². The Bertz CT molecular complexity index is 506. The van der Waals surface area contributed by atoms with Crippen LogP contribution >= 0.6 is 0 Å². The molecule has 16 heavy (non-hydrogen) atoms. The molecule has 2 aromatic rings. The fraction of sp³-hybridized carbons (Fsp3) is 0.154. The molecule has 1 heterocycles. The Morgan fingerprint density at radius 2 is 2.25 bits per heavy atom. The first-order chi connectivity index (χ1) is 7.83. The summed E-state index contributed by atoms with van der Waals surface area (Å²) in [6, 6.07) is 7.75. The van der Waals surface area contributed by atoms with E-state index in [1.54, 1.807) is 6.20 Å². The monoisotopic (exact) mass is 213 g/mol. The lowest BCUT2D eigenvalue weighted by molar-refractivity contribution is 1.07. The van der Waals surface area contributed by atoms with Crippen LogP contribution in [0.4, 0.5) is 11.4 Å². The minimum Gasteiger partial charge on any atom is -0.398 e. The molecule has 0 amide bonds. The molecule has 0 fully saturated rings. The second-order valence-corrected chi connectivity index (χ2v) is 3.61. The summed E-state index contributed by atoms with van der Waals surface area (Å²) < 4.78 is 0. The summed E-state index contributed by atoms with van der Waals surface area (Å²) in [4.78, 5) is 4.35. The van der Waals surface area contributed by atoms with Gasteiger partial charge in [-0.1, -0.05) is 6.08 Å². The number of anilines is 2. The number of aromatic nitrogens is 1. The van der Waals surface area contributed by atoms with Gasteiger partial charge in [-0.3, -0.25) is 4.98 Å². The normalized spacial score (nSPS) is 10.2. The summed E-state index contributed by atoms with van der Waals surface area (Å²) in [5.41, 5.74) is 8.60. The third-order valence-corrected chi connectivity index (χ3v) is 2.47. The van der Waals surface area contributed by atoms with Gasteiger partial charge >= 0.3 is 0 Å². The molecule has 0 saturated carbocycles. The zero-order chi connectivity index (χ0) is 11.4. The maximum Gasteiger partial charge on any atom is 0.0953 e. The highest BCUT2D eigenvalue weighted by Gasteiger charge is 2.03. The van der Waals surface area contributed by atoms with Gasteiger partial charge in [0, 0.05) is 23.8 Å². The van der Waals surface area contributed by atoms with Gasteiger partial charge in [0.1, 0.15) is 0 Å². The van der Waals surface area contributed by atoms with Gasteiger partial charge in [0.25, 0.3) is 0 Å². The van der Waals surface area contributed by atoms with E-state index in [0.29, 0.717) is 0 Å². The van der Waals surface area contributed by atoms with Crippen LogP contribution in [0.5, 0.6) is 0 Å². The largest absolute Gasteiger partial charge is 0.398 e. The number of nitrogens with one attached hydrogen (secondary N) is 1. The van der Waals surface area contributed by atoms with Crippen LogP contribution in [-0.2, 0) is 0 Å². The molecular formula is C13H15N3. The van der Waals surface area contributed by atoms with Crippen LogP contribution in [0.15, 0.2) is 43.1 Å². The Morgan fingerprint density at radius 3 is 3.06 bits per heavy atom. The molecule has 0 saturated heterocycles. The lowest BCUT2D eigenvalue weighted by Gasteiger charge is -2.09. The van der Waals surface area contributed by atoms with Crippen molar-refractivity contribution in [2.24, 2.45) is 0 Å². The molecule has 0 unspecified atom stereocenters. The van der Waals surface area contributed by atoms with Crippen LogP contribution in [0.3, 0.4) is 0 Å². The average molecular weight is 213 g/mol. The van der Waals surface area contributed by atoms with Crippen molar-refractivity contribution in [1.29, 1.82) is 0 Å². The van der Waals surface area contributed by atoms with E-state index in [2.05, 4.69) is 16.9 Å². The van der Waals surface area contributed by atoms with Crippen LogP contribution in [0.1, 0.15) is 6.42 Å². The predicted molar refractivity (Wildman–Crippen MR) is 69.5 cm³/mol. The summed E-state index contributed by atoms with van der Waals surface area (Å²) in [5, 5.41) is 4.32. The van der Waals surface area contributed by atoms with Crippen molar-refractivity contribution in [3.63, 3.8) is 0 Å². The molecule has 3 N–H and O–H groups in total. The first-order valence-corrected chi connectivity index (χ1v) is 5.31. The third kappa shape index (κ3) is 1.98. The van der Waals surface area contributed by atoms with E-state index < -0.39 is 0 Å². The van der Waals surface area contributed by atoms with Gasteiger partial charge in [-0.25, -0.2) is 0 Å². The maximum atomic E-state index is 5.90. The zero-order valence-corrected chi connectivity index (χ0v) is 9.11. The van der Waals surface area contributed by atoms with Crippen molar-refractivity contribution in [1.82, 2.24) is 4.98 Å². The Morgan fingerprint density at radius 1 is 1.38 bits per heavy atom. The fourth-order valence-electron chi connectivity index (χ4n) is 1.65. The van der Waals surface area contributed by atoms with Crippen molar-refractivity contribution in [3.05, 3.63) is 43.1 Å². The Hall–Kier alpha value is -2.03. The second kappa shape index (κ2) is 4.66. The van der Waals surface area contributed by atoms with E-state index in [1.165, 1.54) is 0 Å². The topological polar surface area (TPSA) is 50.9 Å². The summed E-state index contributed by atoms with van der Waals surface area (Å²) in [6.07, 6.45) is 4.60. The van der Waals surface area contributed by atoms with Gasteiger partial charge in [-0.2, -0.15) is 0 Å². The van der Waals surface area contributed by atoms with Gasteiger partial charge in [-0.15, -0.1) is 6.58 Å². The predicted octanol–water partition coefficient (Wildman–Crippen LogP) is 2.81. The lowest BCUT2D eigenvalue weighted by Crippen LogP contribution is -2.02. The molecule has 3 nitrogen and oxygen atoms in total. The summed E-state index contributed by atoms with van der Waals surface area (Å²) in [7, 11) is 0.